The van der Waals surface area contributed by atoms with Gasteiger partial charge in [-0.15, -0.1) is 23.5 Å². The van der Waals surface area contributed by atoms with Crippen molar-refractivity contribution in [1.82, 2.24) is 30.2 Å². The molecule has 0 radical (unpaired) electrons. The first-order valence-corrected chi connectivity index (χ1v) is 28.5. The monoisotopic (exact) mass is 1090 g/mol. The molecule has 0 aliphatic carbocycles. The Hall–Kier alpha value is -4.66. The highest BCUT2D eigenvalue weighted by molar-refractivity contribution is 8.00. The first-order valence-electron chi connectivity index (χ1n) is 25.6. The minimum Gasteiger partial charge on any atom is -0.444 e. The number of fused-ring (bicyclic) bond motifs is 2. The minimum atomic E-state index is -0.717. The fourth-order valence-corrected chi connectivity index (χ4v) is 13.6. The van der Waals surface area contributed by atoms with E-state index in [1.165, 1.54) is 9.80 Å². The van der Waals surface area contributed by atoms with Crippen molar-refractivity contribution >= 4 is 105 Å². The van der Waals surface area contributed by atoms with E-state index in [9.17, 15) is 28.8 Å². The maximum absolute atomic E-state index is 14.3. The summed E-state index contributed by atoms with van der Waals surface area (Å²) in [7, 11) is 3.23. The summed E-state index contributed by atoms with van der Waals surface area (Å²) < 4.78 is 11.0. The van der Waals surface area contributed by atoms with Gasteiger partial charge in [0.2, 0.25) is 23.6 Å². The largest absolute Gasteiger partial charge is 0.444 e. The van der Waals surface area contributed by atoms with Crippen LogP contribution in [-0.2, 0) is 41.5 Å². The summed E-state index contributed by atoms with van der Waals surface area (Å²) in [5, 5.41) is 12.3. The minimum absolute atomic E-state index is 0.167. The number of nitrogens with zero attached hydrogens (tertiary/aromatic N) is 4. The number of ether oxygens (including phenoxy) is 2. The quantitative estimate of drug-likeness (QED) is 0.140. The number of likely N-dealkylation sites (N-methyl/N-ethyl adjacent to an activating group) is 2. The van der Waals surface area contributed by atoms with E-state index in [0.29, 0.717) is 58.5 Å². The molecule has 406 valence electrons. The number of aryl methyl sites for hydroxylation is 2. The number of amides is 6. The summed E-state index contributed by atoms with van der Waals surface area (Å²) >= 11 is 14.8. The van der Waals surface area contributed by atoms with E-state index < -0.39 is 70.5 Å². The Kier molecular flexibility index (Phi) is 18.4. The molecular formula is C54H78N8O8S4. The second kappa shape index (κ2) is 23.3. The van der Waals surface area contributed by atoms with Crippen molar-refractivity contribution in [3.63, 3.8) is 0 Å². The lowest BCUT2D eigenvalue weighted by Crippen LogP contribution is -2.57. The average Bonchev–Trinajstić information content (AvgIpc) is 3.62. The summed E-state index contributed by atoms with van der Waals surface area (Å²) in [5.74, 6) is 0.526. The highest BCUT2D eigenvalue weighted by Gasteiger charge is 2.56. The van der Waals surface area contributed by atoms with Gasteiger partial charge in [-0.1, -0.05) is 76.4 Å². The Labute approximate surface area is 457 Å². The standard InChI is InChI=1S/C54H78N8O8S4/c1-31(59(13)49(67)69-51(3,4)5)45(71)57-37-25-27-73-39-29-53(9,10)41(61(39)47(37)65)43(63)55-35-21-17-33(18-22-35)15-16-34-19-23-36(24-20-34)56-44(64)42-54(11,12)30-40-62(42)48(66)38(26-28-74-40)58-46(72)32(2)60(14)50(68)70-52(6,7)8/h17-24,31-32,37-42H,15-16,25-30H2,1-14H3,(H,55,63)(H,56,64)(H,57,71)(H,58,72)/t31-,32-,37-,38-,39-,40-,41+,42+/m0/s1. The molecule has 0 bridgehead atoms. The summed E-state index contributed by atoms with van der Waals surface area (Å²) in [6.45, 7) is 22.5. The SMILES string of the molecule is C[C@@H](C(=S)N[C@H]1CCS[C@H]2CC(C)(C)[C@@H](C(=O)Nc3ccc(CCc4ccc(NC(=O)[C@H]5N6C(=O)[C@@H](NC(=S)[C@H](C)N(C)C(=O)OC(C)(C)C)CCS[C@H]6CC5(C)C)cc4)cc3)N2C1=O)N(C)C(=O)OC(C)(C)C. The number of hydrogen-bond donors (Lipinski definition) is 4. The van der Waals surface area contributed by atoms with Crippen LogP contribution in [-0.4, -0.2) is 149 Å². The fourth-order valence-electron chi connectivity index (χ4n) is 9.84. The van der Waals surface area contributed by atoms with Gasteiger partial charge >= 0.3 is 12.2 Å². The molecule has 2 aromatic carbocycles. The molecule has 0 saturated carbocycles. The van der Waals surface area contributed by atoms with E-state index in [4.69, 9.17) is 33.9 Å². The molecule has 6 rings (SSSR count). The zero-order valence-corrected chi connectivity index (χ0v) is 48.8. The third-order valence-corrected chi connectivity index (χ3v) is 17.6. The highest BCUT2D eigenvalue weighted by atomic mass is 32.2. The van der Waals surface area contributed by atoms with Crippen LogP contribution in [0.15, 0.2) is 48.5 Å². The van der Waals surface area contributed by atoms with Crippen molar-refractivity contribution in [3.8, 4) is 0 Å². The number of thioether (sulfide) groups is 2. The molecule has 0 unspecified atom stereocenters. The molecule has 4 N–H and O–H groups in total. The van der Waals surface area contributed by atoms with E-state index in [2.05, 4.69) is 21.3 Å². The fraction of sp³-hybridized carbons (Fsp3) is 0.630. The van der Waals surface area contributed by atoms with Crippen LogP contribution in [0.1, 0.15) is 120 Å². The molecule has 0 aromatic heterocycles. The molecule has 0 spiro atoms. The van der Waals surface area contributed by atoms with Gasteiger partial charge in [0.1, 0.15) is 35.4 Å². The topological polar surface area (TPSA) is 182 Å². The number of carbonyl (C=O) groups is 6. The lowest BCUT2D eigenvalue weighted by molar-refractivity contribution is -0.140. The van der Waals surface area contributed by atoms with Crippen LogP contribution in [0.5, 0.6) is 0 Å². The van der Waals surface area contributed by atoms with Crippen molar-refractivity contribution < 1.29 is 38.2 Å². The van der Waals surface area contributed by atoms with Gasteiger partial charge in [-0.2, -0.15) is 0 Å². The van der Waals surface area contributed by atoms with Crippen molar-refractivity contribution in [2.24, 2.45) is 10.8 Å². The molecule has 4 saturated heterocycles. The first kappa shape index (κ1) is 58.6. The van der Waals surface area contributed by atoms with Crippen LogP contribution in [0.25, 0.3) is 0 Å². The predicted molar refractivity (Wildman–Crippen MR) is 303 cm³/mol. The molecule has 4 aliphatic rings. The number of rotatable bonds is 13. The third-order valence-electron chi connectivity index (χ3n) is 14.2. The van der Waals surface area contributed by atoms with Gasteiger partial charge in [0.25, 0.3) is 0 Å². The van der Waals surface area contributed by atoms with Crippen molar-refractivity contribution in [1.29, 1.82) is 0 Å². The van der Waals surface area contributed by atoms with Gasteiger partial charge in [-0.25, -0.2) is 9.59 Å². The van der Waals surface area contributed by atoms with E-state index in [1.807, 2.05) is 76.2 Å². The lowest BCUT2D eigenvalue weighted by atomic mass is 9.84. The molecule has 4 fully saturated rings. The van der Waals surface area contributed by atoms with Gasteiger partial charge in [0.15, 0.2) is 0 Å². The van der Waals surface area contributed by atoms with Gasteiger partial charge in [-0.3, -0.25) is 19.2 Å². The maximum atomic E-state index is 14.3. The van der Waals surface area contributed by atoms with Gasteiger partial charge in [-0.05, 0) is 152 Å². The van der Waals surface area contributed by atoms with Crippen LogP contribution in [0.3, 0.4) is 0 Å². The van der Waals surface area contributed by atoms with Crippen LogP contribution in [0.2, 0.25) is 0 Å². The highest BCUT2D eigenvalue weighted by Crippen LogP contribution is 2.48. The zero-order valence-electron chi connectivity index (χ0n) is 45.6. The molecule has 16 nitrogen and oxygen atoms in total. The van der Waals surface area contributed by atoms with Gasteiger partial charge in [0, 0.05) is 25.5 Å². The molecule has 2 aromatic rings. The maximum Gasteiger partial charge on any atom is 0.410 e. The first-order chi connectivity index (χ1) is 34.4. The number of carbonyl (C=O) groups excluding carboxylic acids is 6. The zero-order chi connectivity index (χ0) is 54.8. The van der Waals surface area contributed by atoms with E-state index in [1.54, 1.807) is 103 Å². The van der Waals surface area contributed by atoms with E-state index in [-0.39, 0.29) is 34.4 Å². The number of thiocarbonyl (C=S) groups is 2. The third kappa shape index (κ3) is 14.2. The molecule has 74 heavy (non-hydrogen) atoms. The second-order valence-corrected chi connectivity index (χ2v) is 26.9. The summed E-state index contributed by atoms with van der Waals surface area (Å²) in [4.78, 5) is 89.6. The molecule has 8 atom stereocenters. The summed E-state index contributed by atoms with van der Waals surface area (Å²) in [6.07, 6.45) is 2.81. The average molecular weight is 1100 g/mol. The van der Waals surface area contributed by atoms with Crippen molar-refractivity contribution in [2.45, 2.75) is 180 Å². The predicted octanol–water partition coefficient (Wildman–Crippen LogP) is 8.61. The Morgan fingerprint density at radius 3 is 1.27 bits per heavy atom. The Bertz CT molecular complexity index is 2270. The molecule has 4 heterocycles. The normalized spacial score (nSPS) is 24.2. The number of nitrogens with one attached hydrogen (secondary N) is 4. The van der Waals surface area contributed by atoms with Crippen LogP contribution in [0, 0.1) is 10.8 Å². The van der Waals surface area contributed by atoms with Crippen LogP contribution < -0.4 is 21.3 Å². The van der Waals surface area contributed by atoms with Crippen molar-refractivity contribution in [3.05, 3.63) is 59.7 Å². The van der Waals surface area contributed by atoms with E-state index in [0.717, 1.165) is 24.0 Å². The lowest BCUT2D eigenvalue weighted by Gasteiger charge is -2.35. The molecule has 20 heteroatoms. The number of hydrogen-bond acceptors (Lipinski definition) is 12. The summed E-state index contributed by atoms with van der Waals surface area (Å²) in [5.41, 5.74) is 1.09. The Morgan fingerprint density at radius 1 is 0.635 bits per heavy atom. The van der Waals surface area contributed by atoms with Gasteiger partial charge in [0.05, 0.1) is 32.8 Å². The summed E-state index contributed by atoms with van der Waals surface area (Å²) in [6, 6.07) is 11.7. The van der Waals surface area contributed by atoms with Crippen LogP contribution in [0.4, 0.5) is 21.0 Å². The Balaban J connectivity index is 1.02. The second-order valence-electron chi connectivity index (χ2n) is 23.4. The van der Waals surface area contributed by atoms with Crippen LogP contribution >= 0.6 is 48.0 Å². The van der Waals surface area contributed by atoms with E-state index >= 15 is 0 Å². The molecular weight excluding hydrogens is 1020 g/mol. The van der Waals surface area contributed by atoms with Gasteiger partial charge < -0.3 is 50.3 Å². The number of anilines is 2. The molecule has 6 amide bonds. The van der Waals surface area contributed by atoms with Crippen molar-refractivity contribution in [2.75, 3.05) is 36.2 Å². The smallest absolute Gasteiger partial charge is 0.410 e. The Morgan fingerprint density at radius 2 is 0.959 bits per heavy atom. The number of benzene rings is 2. The molecule has 4 aliphatic heterocycles.